The van der Waals surface area contributed by atoms with E-state index in [-0.39, 0.29) is 19.2 Å². The summed E-state index contributed by atoms with van der Waals surface area (Å²) in [5.74, 6) is 1.47. The fourth-order valence-corrected chi connectivity index (χ4v) is 7.66. The minimum Gasteiger partial charge on any atom is -0.494 e. The van der Waals surface area contributed by atoms with Crippen LogP contribution in [0.3, 0.4) is 0 Å². The van der Waals surface area contributed by atoms with Gasteiger partial charge in [0.15, 0.2) is 0 Å². The number of rotatable bonds is 14. The van der Waals surface area contributed by atoms with Crippen molar-refractivity contribution in [1.29, 1.82) is 0 Å². The number of ether oxygens (including phenoxy) is 2. The first-order valence-electron chi connectivity index (χ1n) is 16.6. The Bertz CT molecular complexity index is 1350. The lowest BCUT2D eigenvalue weighted by Gasteiger charge is -2.36. The van der Waals surface area contributed by atoms with Crippen molar-refractivity contribution < 1.29 is 19.4 Å². The van der Waals surface area contributed by atoms with E-state index < -0.39 is 6.23 Å². The number of carbonyl (C=O) groups excluding carboxylic acids is 1. The second-order valence-corrected chi connectivity index (χ2v) is 13.5. The van der Waals surface area contributed by atoms with Gasteiger partial charge in [0.2, 0.25) is 5.91 Å². The van der Waals surface area contributed by atoms with E-state index in [0.717, 1.165) is 75.5 Å². The minimum atomic E-state index is -0.726. The SMILES string of the molecule is O=C1CCc2ccc(OCCCCN3CCN(c4cccc5sccc45)CC3)cc2N1COCC(O)NCC1CCCCC1. The number of unbranched alkanes of at least 4 members (excludes halogenated alkanes) is 1. The molecular weight excluding hydrogens is 572 g/mol. The van der Waals surface area contributed by atoms with Gasteiger partial charge in [0, 0.05) is 61.0 Å². The third-order valence-electron chi connectivity index (χ3n) is 9.44. The van der Waals surface area contributed by atoms with Crippen molar-refractivity contribution in [2.75, 3.05) is 69.0 Å². The number of thiophene rings is 1. The molecule has 1 atom stereocenters. The molecule has 2 aliphatic heterocycles. The van der Waals surface area contributed by atoms with Gasteiger partial charge in [0.05, 0.1) is 18.9 Å². The van der Waals surface area contributed by atoms with Crippen molar-refractivity contribution in [3.63, 3.8) is 0 Å². The zero-order valence-electron chi connectivity index (χ0n) is 25.9. The van der Waals surface area contributed by atoms with E-state index in [1.807, 2.05) is 23.5 Å². The number of amides is 1. The number of aryl methyl sites for hydroxylation is 1. The smallest absolute Gasteiger partial charge is 0.229 e. The normalized spacial score (nSPS) is 19.0. The number of nitrogens with zero attached hydrogens (tertiary/aromatic N) is 3. The number of nitrogens with one attached hydrogen (secondary N) is 1. The van der Waals surface area contributed by atoms with Crippen LogP contribution >= 0.6 is 11.3 Å². The molecule has 238 valence electrons. The number of piperazine rings is 1. The first-order chi connectivity index (χ1) is 21.6. The van der Waals surface area contributed by atoms with E-state index in [1.54, 1.807) is 4.90 Å². The molecule has 44 heavy (non-hydrogen) atoms. The van der Waals surface area contributed by atoms with Gasteiger partial charge in [-0.15, -0.1) is 11.3 Å². The molecule has 0 radical (unpaired) electrons. The van der Waals surface area contributed by atoms with Crippen LogP contribution in [0, 0.1) is 5.92 Å². The fraction of sp³-hybridized carbons (Fsp3) is 0.571. The second kappa shape index (κ2) is 15.5. The van der Waals surface area contributed by atoms with Gasteiger partial charge in [-0.05, 0) is 79.8 Å². The van der Waals surface area contributed by atoms with Crippen molar-refractivity contribution in [3.05, 3.63) is 53.4 Å². The van der Waals surface area contributed by atoms with Crippen LogP contribution < -0.4 is 19.9 Å². The van der Waals surface area contributed by atoms with Gasteiger partial charge >= 0.3 is 0 Å². The van der Waals surface area contributed by atoms with Crippen LogP contribution in [-0.2, 0) is 16.0 Å². The molecule has 0 bridgehead atoms. The Labute approximate surface area is 265 Å². The summed E-state index contributed by atoms with van der Waals surface area (Å²) >= 11 is 1.81. The number of anilines is 2. The van der Waals surface area contributed by atoms with Crippen LogP contribution in [0.4, 0.5) is 11.4 Å². The third kappa shape index (κ3) is 8.12. The van der Waals surface area contributed by atoms with E-state index in [4.69, 9.17) is 9.47 Å². The number of carbonyl (C=O) groups is 1. The molecule has 1 aliphatic carbocycles. The topological polar surface area (TPSA) is 77.5 Å². The van der Waals surface area contributed by atoms with Gasteiger partial charge in [-0.1, -0.05) is 31.4 Å². The zero-order chi connectivity index (χ0) is 30.1. The van der Waals surface area contributed by atoms with Crippen LogP contribution in [0.15, 0.2) is 47.8 Å². The largest absolute Gasteiger partial charge is 0.494 e. The van der Waals surface area contributed by atoms with Crippen molar-refractivity contribution in [1.82, 2.24) is 10.2 Å². The van der Waals surface area contributed by atoms with Crippen molar-refractivity contribution in [3.8, 4) is 5.75 Å². The molecule has 2 fully saturated rings. The summed E-state index contributed by atoms with van der Waals surface area (Å²) in [6.45, 7) is 7.16. The summed E-state index contributed by atoms with van der Waals surface area (Å²) in [5, 5.41) is 17.1. The first-order valence-corrected chi connectivity index (χ1v) is 17.5. The highest BCUT2D eigenvalue weighted by atomic mass is 32.1. The molecule has 2 aromatic carbocycles. The van der Waals surface area contributed by atoms with Gasteiger partial charge in [-0.2, -0.15) is 0 Å². The van der Waals surface area contributed by atoms with Gasteiger partial charge in [0.25, 0.3) is 0 Å². The number of hydrogen-bond acceptors (Lipinski definition) is 8. The van der Waals surface area contributed by atoms with Crippen LogP contribution in [0.2, 0.25) is 0 Å². The summed E-state index contributed by atoms with van der Waals surface area (Å²) in [4.78, 5) is 19.6. The minimum absolute atomic E-state index is 0.0476. The van der Waals surface area contributed by atoms with E-state index in [0.29, 0.717) is 18.9 Å². The molecule has 1 saturated heterocycles. The zero-order valence-corrected chi connectivity index (χ0v) is 26.7. The Morgan fingerprint density at radius 2 is 1.84 bits per heavy atom. The third-order valence-corrected chi connectivity index (χ3v) is 10.3. The quantitative estimate of drug-likeness (QED) is 0.179. The lowest BCUT2D eigenvalue weighted by atomic mass is 9.89. The van der Waals surface area contributed by atoms with Crippen LogP contribution in [0.5, 0.6) is 5.75 Å². The number of hydrogen-bond donors (Lipinski definition) is 2. The monoisotopic (exact) mass is 620 g/mol. The molecule has 1 unspecified atom stereocenters. The standard InChI is InChI=1S/C35H48N4O4S/c40-34(36-24-27-7-2-1-3-8-27)25-42-26-39-32-23-29(13-11-28(32)12-14-35(39)41)43-21-5-4-16-37-17-19-38(20-18-37)31-9-6-10-33-30(31)15-22-44-33/h6,9-11,13,15,22-23,27,34,36,40H,1-5,7-8,12,14,16-21,24-26H2. The highest BCUT2D eigenvalue weighted by molar-refractivity contribution is 7.17. The van der Waals surface area contributed by atoms with Gasteiger partial charge in [0.1, 0.15) is 18.7 Å². The molecule has 3 aromatic rings. The van der Waals surface area contributed by atoms with Crippen LogP contribution in [0.25, 0.3) is 10.1 Å². The van der Waals surface area contributed by atoms with E-state index in [9.17, 15) is 9.90 Å². The molecule has 6 rings (SSSR count). The molecule has 1 aromatic heterocycles. The molecular formula is C35H48N4O4S. The van der Waals surface area contributed by atoms with Crippen LogP contribution in [0.1, 0.15) is 56.9 Å². The Morgan fingerprint density at radius 1 is 0.977 bits per heavy atom. The lowest BCUT2D eigenvalue weighted by molar-refractivity contribution is -0.120. The van der Waals surface area contributed by atoms with Crippen molar-refractivity contribution in [2.24, 2.45) is 5.92 Å². The molecule has 9 heteroatoms. The maximum absolute atomic E-state index is 12.8. The predicted molar refractivity (Wildman–Crippen MR) is 179 cm³/mol. The Hall–Kier alpha value is -2.69. The highest BCUT2D eigenvalue weighted by Crippen LogP contribution is 2.33. The predicted octanol–water partition coefficient (Wildman–Crippen LogP) is 5.62. The fourth-order valence-electron chi connectivity index (χ4n) is 6.85. The first kappa shape index (κ1) is 31.3. The highest BCUT2D eigenvalue weighted by Gasteiger charge is 2.25. The Morgan fingerprint density at radius 3 is 2.70 bits per heavy atom. The average molecular weight is 621 g/mol. The van der Waals surface area contributed by atoms with Gasteiger partial charge < -0.3 is 19.5 Å². The molecule has 3 heterocycles. The molecule has 2 N–H and O–H groups in total. The molecule has 8 nitrogen and oxygen atoms in total. The average Bonchev–Trinajstić information content (AvgIpc) is 3.55. The summed E-state index contributed by atoms with van der Waals surface area (Å²) in [7, 11) is 0. The van der Waals surface area contributed by atoms with Crippen LogP contribution in [-0.4, -0.2) is 81.4 Å². The van der Waals surface area contributed by atoms with Crippen molar-refractivity contribution >= 4 is 38.7 Å². The summed E-state index contributed by atoms with van der Waals surface area (Å²) in [5.41, 5.74) is 3.36. The lowest BCUT2D eigenvalue weighted by Crippen LogP contribution is -2.46. The van der Waals surface area contributed by atoms with Gasteiger partial charge in [-0.3, -0.25) is 19.9 Å². The maximum atomic E-state index is 12.8. The molecule has 0 spiro atoms. The Balaban J connectivity index is 0.902. The Kier molecular flexibility index (Phi) is 11.1. The number of aliphatic hydroxyl groups is 1. The number of aliphatic hydroxyl groups excluding tert-OH is 1. The van der Waals surface area contributed by atoms with Crippen molar-refractivity contribution in [2.45, 2.75) is 64.0 Å². The molecule has 3 aliphatic rings. The van der Waals surface area contributed by atoms with Gasteiger partial charge in [-0.25, -0.2) is 0 Å². The summed E-state index contributed by atoms with van der Waals surface area (Å²) in [6, 6.07) is 14.9. The molecule has 1 amide bonds. The van der Waals surface area contributed by atoms with E-state index >= 15 is 0 Å². The second-order valence-electron chi connectivity index (χ2n) is 12.5. The molecule has 1 saturated carbocycles. The maximum Gasteiger partial charge on any atom is 0.229 e. The number of benzene rings is 2. The van der Waals surface area contributed by atoms with E-state index in [1.165, 1.54) is 47.9 Å². The van der Waals surface area contributed by atoms with E-state index in [2.05, 4.69) is 50.8 Å². The summed E-state index contributed by atoms with van der Waals surface area (Å²) in [6.07, 6.45) is 8.92. The summed E-state index contributed by atoms with van der Waals surface area (Å²) < 4.78 is 13.3. The number of fused-ring (bicyclic) bond motifs is 2.